The molecule has 0 radical (unpaired) electrons. The van der Waals surface area contributed by atoms with Gasteiger partial charge in [-0.05, 0) is 56.2 Å². The second-order valence-corrected chi connectivity index (χ2v) is 8.29. The van der Waals surface area contributed by atoms with Crippen LogP contribution in [-0.4, -0.2) is 47.8 Å². The Balaban J connectivity index is 1.86. The number of amides is 1. The smallest absolute Gasteiger partial charge is 0.344 e. The van der Waals surface area contributed by atoms with E-state index in [0.717, 1.165) is 17.3 Å². The number of rotatable bonds is 8. The number of aliphatic hydroxyl groups is 1. The van der Waals surface area contributed by atoms with E-state index in [4.69, 9.17) is 14.2 Å². The first kappa shape index (κ1) is 25.8. The van der Waals surface area contributed by atoms with Crippen LogP contribution in [0.4, 0.5) is 0 Å². The molecule has 0 spiro atoms. The highest BCUT2D eigenvalue weighted by atomic mass is 32.2. The fourth-order valence-electron chi connectivity index (χ4n) is 3.11. The zero-order valence-corrected chi connectivity index (χ0v) is 20.4. The molecule has 182 valence electrons. The van der Waals surface area contributed by atoms with Gasteiger partial charge in [-0.1, -0.05) is 42.1 Å². The van der Waals surface area contributed by atoms with E-state index in [-0.39, 0.29) is 36.2 Å². The van der Waals surface area contributed by atoms with Crippen LogP contribution < -0.4 is 4.74 Å². The van der Waals surface area contributed by atoms with E-state index in [0.29, 0.717) is 21.8 Å². The molecular weight excluding hydrogens is 470 g/mol. The zero-order chi connectivity index (χ0) is 25.4. The molecule has 1 aliphatic rings. The van der Waals surface area contributed by atoms with E-state index in [1.165, 1.54) is 0 Å². The summed E-state index contributed by atoms with van der Waals surface area (Å²) in [6.45, 7) is 5.33. The number of hydrogen-bond acceptors (Lipinski definition) is 8. The number of carbonyl (C=O) groups excluding carboxylic acids is 3. The van der Waals surface area contributed by atoms with Crippen LogP contribution in [0.5, 0.6) is 5.75 Å². The summed E-state index contributed by atoms with van der Waals surface area (Å²) in [5.74, 6) is -1.59. The van der Waals surface area contributed by atoms with Gasteiger partial charge in [0.15, 0.2) is 6.61 Å². The second-order valence-electron chi connectivity index (χ2n) is 7.25. The lowest BCUT2D eigenvalue weighted by Gasteiger charge is -2.06. The van der Waals surface area contributed by atoms with Crippen LogP contribution in [-0.2, 0) is 19.1 Å². The summed E-state index contributed by atoms with van der Waals surface area (Å²) in [5.41, 5.74) is 1.69. The molecule has 8 nitrogen and oxygen atoms in total. The third kappa shape index (κ3) is 6.60. The average molecular weight is 496 g/mol. The molecule has 3 rings (SSSR count). The molecule has 0 fully saturated rings. The molecule has 0 aliphatic carbocycles. The molecule has 2 aromatic rings. The van der Waals surface area contributed by atoms with Crippen LogP contribution >= 0.6 is 11.8 Å². The van der Waals surface area contributed by atoms with Crippen molar-refractivity contribution in [1.29, 1.82) is 0 Å². The SMILES string of the molecule is CCOC(=O)COc1ccc(/C=C2\SC(=NC(=O)c3ccccc3C)C(C(=O)OCC)=C2O)cc1. The summed E-state index contributed by atoms with van der Waals surface area (Å²) in [7, 11) is 0. The minimum absolute atomic E-state index is 0.0647. The molecule has 1 amide bonds. The van der Waals surface area contributed by atoms with Gasteiger partial charge in [-0.2, -0.15) is 0 Å². The zero-order valence-electron chi connectivity index (χ0n) is 19.6. The Morgan fingerprint density at radius 1 is 1.00 bits per heavy atom. The second kappa shape index (κ2) is 12.0. The molecule has 0 saturated carbocycles. The summed E-state index contributed by atoms with van der Waals surface area (Å²) < 4.78 is 15.3. The third-order valence-corrected chi connectivity index (χ3v) is 5.81. The highest BCUT2D eigenvalue weighted by molar-refractivity contribution is 8.18. The van der Waals surface area contributed by atoms with Gasteiger partial charge < -0.3 is 19.3 Å². The van der Waals surface area contributed by atoms with Crippen molar-refractivity contribution >= 4 is 40.7 Å². The molecule has 0 bridgehead atoms. The number of benzene rings is 2. The third-order valence-electron chi connectivity index (χ3n) is 4.79. The van der Waals surface area contributed by atoms with Gasteiger partial charge in [0.2, 0.25) is 0 Å². The Morgan fingerprint density at radius 3 is 2.34 bits per heavy atom. The molecule has 1 N–H and O–H groups in total. The van der Waals surface area contributed by atoms with Crippen LogP contribution in [0.15, 0.2) is 69.8 Å². The van der Waals surface area contributed by atoms with Gasteiger partial charge in [0, 0.05) is 5.56 Å². The number of thioether (sulfide) groups is 1. The summed E-state index contributed by atoms with van der Waals surface area (Å²) in [5, 5.41) is 10.9. The maximum absolute atomic E-state index is 12.8. The number of nitrogens with zero attached hydrogens (tertiary/aromatic N) is 1. The lowest BCUT2D eigenvalue weighted by molar-refractivity contribution is -0.145. The van der Waals surface area contributed by atoms with Gasteiger partial charge in [0.25, 0.3) is 5.91 Å². The van der Waals surface area contributed by atoms with Crippen molar-refractivity contribution < 1.29 is 33.7 Å². The fraction of sp³-hybridized carbons (Fsp3) is 0.231. The van der Waals surface area contributed by atoms with Gasteiger partial charge in [0.1, 0.15) is 22.1 Å². The van der Waals surface area contributed by atoms with Gasteiger partial charge in [-0.15, -0.1) is 0 Å². The van der Waals surface area contributed by atoms with Gasteiger partial charge in [-0.3, -0.25) is 4.79 Å². The molecule has 2 aromatic carbocycles. The number of aryl methyl sites for hydroxylation is 1. The van der Waals surface area contributed by atoms with Crippen molar-refractivity contribution in [2.45, 2.75) is 20.8 Å². The molecule has 9 heteroatoms. The van der Waals surface area contributed by atoms with Crippen LogP contribution in [0.25, 0.3) is 6.08 Å². The molecular formula is C26H25NO7S. The van der Waals surface area contributed by atoms with Crippen molar-refractivity contribution in [3.05, 3.63) is 81.5 Å². The first-order chi connectivity index (χ1) is 16.8. The normalized spacial score (nSPS) is 15.4. The molecule has 0 aromatic heterocycles. The number of esters is 2. The van der Waals surface area contributed by atoms with Crippen LogP contribution in [0.3, 0.4) is 0 Å². The van der Waals surface area contributed by atoms with Gasteiger partial charge >= 0.3 is 11.9 Å². The van der Waals surface area contributed by atoms with E-state index in [2.05, 4.69) is 4.99 Å². The minimum atomic E-state index is -0.764. The largest absolute Gasteiger partial charge is 0.506 e. The number of carbonyl (C=O) groups is 3. The number of aliphatic hydroxyl groups excluding tert-OH is 1. The Bertz CT molecular complexity index is 1210. The van der Waals surface area contributed by atoms with Gasteiger partial charge in [0.05, 0.1) is 18.1 Å². The molecule has 0 atom stereocenters. The van der Waals surface area contributed by atoms with E-state index < -0.39 is 17.8 Å². The van der Waals surface area contributed by atoms with E-state index >= 15 is 0 Å². The van der Waals surface area contributed by atoms with Crippen molar-refractivity contribution in [1.82, 2.24) is 0 Å². The first-order valence-corrected chi connectivity index (χ1v) is 11.7. The molecule has 0 unspecified atom stereocenters. The highest BCUT2D eigenvalue weighted by Gasteiger charge is 2.34. The van der Waals surface area contributed by atoms with Gasteiger partial charge in [-0.25, -0.2) is 14.6 Å². The Morgan fingerprint density at radius 2 is 1.69 bits per heavy atom. The fourth-order valence-corrected chi connectivity index (χ4v) is 4.13. The lowest BCUT2D eigenvalue weighted by Crippen LogP contribution is -2.14. The lowest BCUT2D eigenvalue weighted by atomic mass is 10.1. The van der Waals surface area contributed by atoms with Crippen LogP contribution in [0.1, 0.15) is 35.3 Å². The molecule has 0 saturated heterocycles. The quantitative estimate of drug-likeness (QED) is 0.527. The van der Waals surface area contributed by atoms with E-state index in [1.54, 1.807) is 69.3 Å². The van der Waals surface area contributed by atoms with E-state index in [9.17, 15) is 19.5 Å². The molecule has 1 aliphatic heterocycles. The predicted molar refractivity (Wildman–Crippen MR) is 133 cm³/mol. The number of ether oxygens (including phenoxy) is 3. The average Bonchev–Trinajstić information content (AvgIpc) is 3.13. The number of hydrogen-bond donors (Lipinski definition) is 1. The number of aliphatic imine (C=N–C) groups is 1. The minimum Gasteiger partial charge on any atom is -0.506 e. The van der Waals surface area contributed by atoms with Crippen molar-refractivity contribution in [2.24, 2.45) is 4.99 Å². The molecule has 1 heterocycles. The van der Waals surface area contributed by atoms with E-state index in [1.807, 2.05) is 6.07 Å². The summed E-state index contributed by atoms with van der Waals surface area (Å²) >= 11 is 1.00. The predicted octanol–water partition coefficient (Wildman–Crippen LogP) is 4.64. The highest BCUT2D eigenvalue weighted by Crippen LogP contribution is 2.39. The Labute approximate surface area is 207 Å². The summed E-state index contributed by atoms with van der Waals surface area (Å²) in [4.78, 5) is 41.2. The standard InChI is InChI=1S/C26H25NO7S/c1-4-32-21(28)15-34-18-12-10-17(11-13-18)14-20-23(29)22(26(31)33-5-2)25(35-20)27-24(30)19-9-7-6-8-16(19)3/h6-14,29H,4-5,15H2,1-3H3/b20-14-,27-25?. The first-order valence-electron chi connectivity index (χ1n) is 10.9. The van der Waals surface area contributed by atoms with Crippen molar-refractivity contribution in [2.75, 3.05) is 19.8 Å². The molecule has 35 heavy (non-hydrogen) atoms. The maximum Gasteiger partial charge on any atom is 0.344 e. The monoisotopic (exact) mass is 495 g/mol. The van der Waals surface area contributed by atoms with Crippen molar-refractivity contribution in [3.63, 3.8) is 0 Å². The van der Waals surface area contributed by atoms with Crippen LogP contribution in [0, 0.1) is 6.92 Å². The maximum atomic E-state index is 12.8. The van der Waals surface area contributed by atoms with Crippen LogP contribution in [0.2, 0.25) is 0 Å². The Hall–Kier alpha value is -3.85. The summed E-state index contributed by atoms with van der Waals surface area (Å²) in [6.07, 6.45) is 1.65. The summed E-state index contributed by atoms with van der Waals surface area (Å²) in [6, 6.07) is 13.7. The Kier molecular flexibility index (Phi) is 8.86. The topological polar surface area (TPSA) is 111 Å². The van der Waals surface area contributed by atoms with Crippen molar-refractivity contribution in [3.8, 4) is 5.75 Å².